The van der Waals surface area contributed by atoms with Gasteiger partial charge in [0.05, 0.1) is 29.1 Å². The number of carbonyl (C=O) groups excluding carboxylic acids is 2. The molecule has 1 N–H and O–H groups in total. The summed E-state index contributed by atoms with van der Waals surface area (Å²) in [6.45, 7) is 4.30. The molecule has 0 spiro atoms. The first-order chi connectivity index (χ1) is 16.8. The molecule has 3 aromatic rings. The predicted octanol–water partition coefficient (Wildman–Crippen LogP) is 3.08. The molecule has 184 valence electrons. The predicted molar refractivity (Wildman–Crippen MR) is 130 cm³/mol. The number of fused-ring (bicyclic) bond motifs is 1. The molecule has 4 rings (SSSR count). The number of nitrogens with one attached hydrogen (secondary N) is 1. The van der Waals surface area contributed by atoms with Crippen LogP contribution < -0.4 is 10.1 Å². The largest absolute Gasteiger partial charge is 0.497 e. The van der Waals surface area contributed by atoms with Gasteiger partial charge in [0, 0.05) is 30.8 Å². The van der Waals surface area contributed by atoms with Gasteiger partial charge in [-0.3, -0.25) is 9.59 Å². The Labute approximate surface area is 204 Å². The van der Waals surface area contributed by atoms with E-state index in [4.69, 9.17) is 9.47 Å². The van der Waals surface area contributed by atoms with E-state index in [1.54, 1.807) is 49.4 Å². The third kappa shape index (κ3) is 4.68. The van der Waals surface area contributed by atoms with Crippen LogP contribution >= 0.6 is 0 Å². The Morgan fingerprint density at radius 1 is 1.14 bits per heavy atom. The molecule has 0 unspecified atom stereocenters. The molecule has 1 amide bonds. The number of aromatic nitrogens is 1. The zero-order chi connectivity index (χ0) is 25.2. The first-order valence-electron chi connectivity index (χ1n) is 11.4. The van der Waals surface area contributed by atoms with Crippen molar-refractivity contribution in [3.63, 3.8) is 0 Å². The molecule has 1 aromatic heterocycles. The molecule has 0 radical (unpaired) electrons. The fourth-order valence-corrected chi connectivity index (χ4v) is 6.03. The molecule has 2 aromatic carbocycles. The van der Waals surface area contributed by atoms with Crippen molar-refractivity contribution in [1.82, 2.24) is 9.88 Å². The average Bonchev–Trinajstić information content (AvgIpc) is 3.11. The normalized spacial score (nSPS) is 13.2. The van der Waals surface area contributed by atoms with Gasteiger partial charge >= 0.3 is 5.97 Å². The Morgan fingerprint density at radius 3 is 2.57 bits per heavy atom. The summed E-state index contributed by atoms with van der Waals surface area (Å²) in [4.78, 5) is 25.5. The number of esters is 1. The Bertz CT molecular complexity index is 1380. The molecule has 1 aliphatic heterocycles. The fraction of sp³-hybridized carbons (Fsp3) is 0.308. The van der Waals surface area contributed by atoms with Crippen molar-refractivity contribution < 1.29 is 27.5 Å². The van der Waals surface area contributed by atoms with Crippen LogP contribution in [0.15, 0.2) is 58.3 Å². The minimum Gasteiger partial charge on any atom is -0.497 e. The second-order valence-electron chi connectivity index (χ2n) is 8.25. The maximum atomic E-state index is 13.5. The van der Waals surface area contributed by atoms with Crippen molar-refractivity contribution >= 4 is 21.7 Å². The van der Waals surface area contributed by atoms with Gasteiger partial charge in [-0.2, -0.15) is 0 Å². The lowest BCUT2D eigenvalue weighted by Gasteiger charge is -2.17. The van der Waals surface area contributed by atoms with E-state index in [0.717, 1.165) is 11.4 Å². The van der Waals surface area contributed by atoms with Gasteiger partial charge in [-0.05, 0) is 55.3 Å². The summed E-state index contributed by atoms with van der Waals surface area (Å²) >= 11 is 0. The van der Waals surface area contributed by atoms with Gasteiger partial charge < -0.3 is 19.4 Å². The summed E-state index contributed by atoms with van der Waals surface area (Å²) in [7, 11) is -2.30. The van der Waals surface area contributed by atoms with Gasteiger partial charge in [-0.1, -0.05) is 18.2 Å². The van der Waals surface area contributed by atoms with Gasteiger partial charge in [0.1, 0.15) is 12.3 Å². The van der Waals surface area contributed by atoms with Crippen LogP contribution in [0.1, 0.15) is 39.8 Å². The molecule has 0 saturated carbocycles. The van der Waals surface area contributed by atoms with Crippen LogP contribution in [0.2, 0.25) is 0 Å². The number of nitrogens with zero attached hydrogens (tertiary/aromatic N) is 1. The maximum Gasteiger partial charge on any atom is 0.325 e. The summed E-state index contributed by atoms with van der Waals surface area (Å²) in [5.41, 5.74) is 3.16. The zero-order valence-corrected chi connectivity index (χ0v) is 20.8. The molecule has 8 nitrogen and oxygen atoms in total. The van der Waals surface area contributed by atoms with Gasteiger partial charge in [0.2, 0.25) is 9.84 Å². The number of hydrogen-bond acceptors (Lipinski definition) is 6. The molecule has 2 heterocycles. The van der Waals surface area contributed by atoms with Crippen LogP contribution in [-0.4, -0.2) is 45.1 Å². The molecule has 35 heavy (non-hydrogen) atoms. The quantitative estimate of drug-likeness (QED) is 0.481. The summed E-state index contributed by atoms with van der Waals surface area (Å²) in [6.07, 6.45) is 0.741. The molecule has 0 fully saturated rings. The fourth-order valence-electron chi connectivity index (χ4n) is 4.53. The highest BCUT2D eigenvalue weighted by Crippen LogP contribution is 2.33. The van der Waals surface area contributed by atoms with Crippen molar-refractivity contribution in [2.45, 2.75) is 43.0 Å². The lowest BCUT2D eigenvalue weighted by molar-refractivity contribution is -0.143. The van der Waals surface area contributed by atoms with E-state index in [-0.39, 0.29) is 41.2 Å². The van der Waals surface area contributed by atoms with Crippen LogP contribution in [0.5, 0.6) is 5.75 Å². The Kier molecular flexibility index (Phi) is 6.98. The van der Waals surface area contributed by atoms with E-state index < -0.39 is 9.84 Å². The highest BCUT2D eigenvalue weighted by atomic mass is 32.2. The highest BCUT2D eigenvalue weighted by Gasteiger charge is 2.30. The molecule has 9 heteroatoms. The topological polar surface area (TPSA) is 104 Å². The minimum absolute atomic E-state index is 0.0113. The number of benzene rings is 2. The number of carbonyl (C=O) groups is 2. The van der Waals surface area contributed by atoms with Crippen LogP contribution in [0.25, 0.3) is 0 Å². The second-order valence-corrected chi connectivity index (χ2v) is 10.2. The van der Waals surface area contributed by atoms with E-state index in [2.05, 4.69) is 5.32 Å². The summed E-state index contributed by atoms with van der Waals surface area (Å²) < 4.78 is 39.4. The van der Waals surface area contributed by atoms with E-state index in [9.17, 15) is 18.0 Å². The van der Waals surface area contributed by atoms with Crippen LogP contribution in [0, 0.1) is 6.92 Å². The zero-order valence-electron chi connectivity index (χ0n) is 20.0. The Hall–Kier alpha value is -3.59. The molecule has 1 aliphatic rings. The lowest BCUT2D eigenvalue weighted by atomic mass is 9.97. The number of ether oxygens (including phenoxy) is 2. The van der Waals surface area contributed by atoms with Crippen molar-refractivity contribution in [2.75, 3.05) is 20.3 Å². The van der Waals surface area contributed by atoms with E-state index in [1.807, 2.05) is 11.5 Å². The van der Waals surface area contributed by atoms with Crippen molar-refractivity contribution in [1.29, 1.82) is 0 Å². The average molecular weight is 497 g/mol. The number of methoxy groups -OCH3 is 1. The monoisotopic (exact) mass is 496 g/mol. The van der Waals surface area contributed by atoms with Crippen LogP contribution in [0.3, 0.4) is 0 Å². The smallest absolute Gasteiger partial charge is 0.325 e. The van der Waals surface area contributed by atoms with Crippen LogP contribution in [0.4, 0.5) is 0 Å². The summed E-state index contributed by atoms with van der Waals surface area (Å²) in [6, 6.07) is 13.1. The highest BCUT2D eigenvalue weighted by molar-refractivity contribution is 7.91. The van der Waals surface area contributed by atoms with E-state index in [1.165, 1.54) is 13.2 Å². The van der Waals surface area contributed by atoms with E-state index >= 15 is 0 Å². The SMILES string of the molecule is CCOC(=O)Cn1c(C)c(Cc2cc(OC)ccc2S(=O)(=O)c2ccccc2)c2c1CCNC2=O. The van der Waals surface area contributed by atoms with E-state index in [0.29, 0.717) is 35.4 Å². The number of hydrogen-bond donors (Lipinski definition) is 1. The number of rotatable bonds is 8. The Morgan fingerprint density at radius 2 is 1.89 bits per heavy atom. The van der Waals surface area contributed by atoms with Crippen LogP contribution in [-0.2, 0) is 38.8 Å². The van der Waals surface area contributed by atoms with Gasteiger partial charge in [-0.15, -0.1) is 0 Å². The Balaban J connectivity index is 1.86. The summed E-state index contributed by atoms with van der Waals surface area (Å²) in [5, 5.41) is 2.87. The lowest BCUT2D eigenvalue weighted by Crippen LogP contribution is -2.33. The van der Waals surface area contributed by atoms with Crippen molar-refractivity contribution in [3.8, 4) is 5.75 Å². The molecule has 0 aliphatic carbocycles. The molecule has 0 saturated heterocycles. The van der Waals surface area contributed by atoms with Crippen molar-refractivity contribution in [3.05, 3.63) is 76.6 Å². The third-order valence-corrected chi connectivity index (χ3v) is 8.07. The number of sulfone groups is 1. The molecular formula is C26H28N2O6S. The van der Waals surface area contributed by atoms with Gasteiger partial charge in [0.25, 0.3) is 5.91 Å². The van der Waals surface area contributed by atoms with Gasteiger partial charge in [0.15, 0.2) is 0 Å². The van der Waals surface area contributed by atoms with Gasteiger partial charge in [-0.25, -0.2) is 8.42 Å². The molecule has 0 bridgehead atoms. The minimum atomic E-state index is -3.82. The molecular weight excluding hydrogens is 468 g/mol. The number of amides is 1. The third-order valence-electron chi connectivity index (χ3n) is 6.20. The first-order valence-corrected chi connectivity index (χ1v) is 12.9. The van der Waals surface area contributed by atoms with Crippen molar-refractivity contribution in [2.24, 2.45) is 0 Å². The summed E-state index contributed by atoms with van der Waals surface area (Å²) in [5.74, 6) is -0.115. The molecule has 0 atom stereocenters. The second kappa shape index (κ2) is 9.95. The first kappa shape index (κ1) is 24.5. The maximum absolute atomic E-state index is 13.5. The standard InChI is InChI=1S/C26H28N2O6S/c1-4-34-24(29)16-28-17(2)21(25-22(28)12-13-27-26(25)30)15-18-14-19(33-3)10-11-23(18)35(31,32)20-8-6-5-7-9-20/h5-11,14H,4,12-13,15-16H2,1-3H3,(H,27,30).